The second-order valence-electron chi connectivity index (χ2n) is 13.6. The van der Waals surface area contributed by atoms with Crippen LogP contribution in [0.5, 0.6) is 0 Å². The van der Waals surface area contributed by atoms with Crippen molar-refractivity contribution in [2.45, 2.75) is 72.1 Å². The first-order valence-corrected chi connectivity index (χ1v) is 15.3. The van der Waals surface area contributed by atoms with Crippen molar-refractivity contribution in [3.05, 3.63) is 118 Å². The summed E-state index contributed by atoms with van der Waals surface area (Å²) in [4.78, 5) is 2.36. The molecule has 2 aromatic carbocycles. The molecule has 0 saturated heterocycles. The molecular formula is C38H45N4+. The van der Waals surface area contributed by atoms with E-state index in [0.29, 0.717) is 5.92 Å². The Kier molecular flexibility index (Phi) is 6.79. The van der Waals surface area contributed by atoms with Crippen LogP contribution in [0, 0.1) is 19.8 Å². The van der Waals surface area contributed by atoms with E-state index in [1.807, 2.05) is 0 Å². The van der Waals surface area contributed by atoms with Crippen molar-refractivity contribution >= 4 is 22.8 Å². The highest BCUT2D eigenvalue weighted by Crippen LogP contribution is 2.47. The highest BCUT2D eigenvalue weighted by Gasteiger charge is 2.43. The van der Waals surface area contributed by atoms with Crippen molar-refractivity contribution in [1.82, 2.24) is 9.78 Å². The van der Waals surface area contributed by atoms with Gasteiger partial charge in [-0.1, -0.05) is 69.3 Å². The second-order valence-corrected chi connectivity index (χ2v) is 13.6. The van der Waals surface area contributed by atoms with Gasteiger partial charge in [0.25, 0.3) is 0 Å². The van der Waals surface area contributed by atoms with Gasteiger partial charge in [-0.05, 0) is 81.4 Å². The number of aromatic nitrogens is 2. The van der Waals surface area contributed by atoms with Gasteiger partial charge in [0.2, 0.25) is 5.69 Å². The summed E-state index contributed by atoms with van der Waals surface area (Å²) in [5.74, 6) is 0.540. The predicted molar refractivity (Wildman–Crippen MR) is 177 cm³/mol. The van der Waals surface area contributed by atoms with Crippen LogP contribution in [0.3, 0.4) is 0 Å². The number of nitrogens with zero attached hydrogens (tertiary/aromatic N) is 4. The molecule has 0 fully saturated rings. The number of aryl methyl sites for hydroxylation is 2. The lowest BCUT2D eigenvalue weighted by Crippen LogP contribution is -2.26. The summed E-state index contributed by atoms with van der Waals surface area (Å²) in [5, 5.41) is 5.01. The lowest BCUT2D eigenvalue weighted by molar-refractivity contribution is -0.401. The molecule has 0 radical (unpaired) electrons. The smallest absolute Gasteiger partial charge is 0.209 e. The summed E-state index contributed by atoms with van der Waals surface area (Å²) in [6.07, 6.45) is 11.5. The molecule has 1 unspecified atom stereocenters. The van der Waals surface area contributed by atoms with Crippen LogP contribution in [0.1, 0.15) is 70.0 Å². The molecule has 0 bridgehead atoms. The summed E-state index contributed by atoms with van der Waals surface area (Å²) >= 11 is 0. The van der Waals surface area contributed by atoms with Crippen LogP contribution in [-0.2, 0) is 10.8 Å². The Morgan fingerprint density at radius 2 is 1.57 bits per heavy atom. The summed E-state index contributed by atoms with van der Waals surface area (Å²) in [6, 6.07) is 19.8. The van der Waals surface area contributed by atoms with Crippen LogP contribution in [0.15, 0.2) is 95.7 Å². The molecule has 1 aliphatic carbocycles. The average molecular weight is 558 g/mol. The maximum Gasteiger partial charge on any atom is 0.209 e. The minimum atomic E-state index is -0.0578. The lowest BCUT2D eigenvalue weighted by Gasteiger charge is -2.28. The van der Waals surface area contributed by atoms with Gasteiger partial charge in [0.15, 0.2) is 5.71 Å². The molecular weight excluding hydrogens is 512 g/mol. The molecule has 42 heavy (non-hydrogen) atoms. The molecule has 6 rings (SSSR count). The topological polar surface area (TPSA) is 24.1 Å². The molecule has 1 aromatic heterocycles. The lowest BCUT2D eigenvalue weighted by atomic mass is 9.80. The van der Waals surface area contributed by atoms with E-state index in [1.165, 1.54) is 56.4 Å². The van der Waals surface area contributed by atoms with Crippen LogP contribution in [-0.4, -0.2) is 34.2 Å². The zero-order chi connectivity index (χ0) is 30.0. The number of hydrogen-bond donors (Lipinski definition) is 0. The average Bonchev–Trinajstić information content (AvgIpc) is 3.45. The molecule has 0 amide bonds. The molecule has 2 aliphatic heterocycles. The van der Waals surface area contributed by atoms with Gasteiger partial charge in [-0.2, -0.15) is 9.67 Å². The van der Waals surface area contributed by atoms with Crippen LogP contribution in [0.4, 0.5) is 11.4 Å². The Balaban J connectivity index is 1.48. The Morgan fingerprint density at radius 1 is 0.881 bits per heavy atom. The summed E-state index contributed by atoms with van der Waals surface area (Å²) in [5.41, 5.74) is 14.0. The first-order chi connectivity index (χ1) is 19.9. The molecule has 0 saturated carbocycles. The van der Waals surface area contributed by atoms with E-state index < -0.39 is 0 Å². The third kappa shape index (κ3) is 4.43. The Morgan fingerprint density at radius 3 is 2.24 bits per heavy atom. The number of benzene rings is 2. The third-order valence-electron chi connectivity index (χ3n) is 9.73. The maximum atomic E-state index is 5.01. The van der Waals surface area contributed by atoms with Gasteiger partial charge in [0, 0.05) is 47.2 Å². The SMILES string of the molecule is Cc1cc(C)n(C2=C(/C=C/C3=[N+](C)c4ccccc4C3(C)C)CC(C)C/C2=C\C=C2\N(C)c3ccccc3C2(C)C)n1. The third-order valence-corrected chi connectivity index (χ3v) is 9.73. The molecule has 0 N–H and O–H groups in total. The van der Waals surface area contributed by atoms with E-state index in [1.54, 1.807) is 0 Å². The molecule has 3 aromatic rings. The largest absolute Gasteiger partial charge is 0.347 e. The minimum Gasteiger partial charge on any atom is -0.347 e. The highest BCUT2D eigenvalue weighted by molar-refractivity contribution is 6.03. The molecule has 1 atom stereocenters. The Bertz CT molecular complexity index is 1730. The fraction of sp³-hybridized carbons (Fsp3) is 0.368. The van der Waals surface area contributed by atoms with E-state index in [-0.39, 0.29) is 10.8 Å². The Labute approximate surface area is 252 Å². The summed E-state index contributed by atoms with van der Waals surface area (Å²) < 4.78 is 4.55. The maximum absolute atomic E-state index is 5.01. The predicted octanol–water partition coefficient (Wildman–Crippen LogP) is 8.64. The van der Waals surface area contributed by atoms with Crippen molar-refractivity contribution in [2.24, 2.45) is 5.92 Å². The zero-order valence-electron chi connectivity index (χ0n) is 26.8. The Hall–Kier alpha value is -3.92. The van der Waals surface area contributed by atoms with Gasteiger partial charge in [0.05, 0.1) is 16.8 Å². The van der Waals surface area contributed by atoms with Crippen LogP contribution in [0.2, 0.25) is 0 Å². The van der Waals surface area contributed by atoms with Crippen molar-refractivity contribution in [3.63, 3.8) is 0 Å². The first-order valence-electron chi connectivity index (χ1n) is 15.3. The monoisotopic (exact) mass is 557 g/mol. The van der Waals surface area contributed by atoms with Gasteiger partial charge in [-0.25, -0.2) is 4.68 Å². The van der Waals surface area contributed by atoms with Gasteiger partial charge >= 0.3 is 0 Å². The second kappa shape index (κ2) is 10.1. The molecule has 4 nitrogen and oxygen atoms in total. The van der Waals surface area contributed by atoms with Gasteiger partial charge in [-0.3, -0.25) is 0 Å². The van der Waals surface area contributed by atoms with E-state index in [2.05, 4.69) is 156 Å². The molecule has 4 heteroatoms. The number of hydrogen-bond acceptors (Lipinski definition) is 2. The highest BCUT2D eigenvalue weighted by atomic mass is 15.3. The van der Waals surface area contributed by atoms with E-state index in [4.69, 9.17) is 5.10 Å². The van der Waals surface area contributed by atoms with E-state index in [0.717, 1.165) is 18.5 Å². The van der Waals surface area contributed by atoms with Gasteiger partial charge < -0.3 is 4.90 Å². The fourth-order valence-electron chi connectivity index (χ4n) is 7.61. The van der Waals surface area contributed by atoms with Crippen molar-refractivity contribution < 1.29 is 4.58 Å². The number of allylic oxidation sites excluding steroid dienone is 8. The number of likely N-dealkylation sites (N-methyl/N-ethyl adjacent to an activating group) is 1. The van der Waals surface area contributed by atoms with Crippen LogP contribution in [0.25, 0.3) is 5.70 Å². The van der Waals surface area contributed by atoms with E-state index >= 15 is 0 Å². The molecule has 3 heterocycles. The fourth-order valence-corrected chi connectivity index (χ4v) is 7.61. The van der Waals surface area contributed by atoms with Gasteiger partial charge in [0.1, 0.15) is 7.05 Å². The molecule has 3 aliphatic rings. The summed E-state index contributed by atoms with van der Waals surface area (Å²) in [6.45, 7) is 16.0. The van der Waals surface area contributed by atoms with Crippen molar-refractivity contribution in [1.29, 1.82) is 0 Å². The normalized spacial score (nSPS) is 23.1. The minimum absolute atomic E-state index is 0.0578. The van der Waals surface area contributed by atoms with Crippen LogP contribution < -0.4 is 4.90 Å². The number of anilines is 1. The standard InChI is InChI=1S/C38H45N4/c1-25-22-28(18-20-34-37(4,5)30-14-10-12-16-32(30)40(34)8)36(42-27(3)24-26(2)39-42)29(23-25)19-21-35-38(6,7)31-15-11-13-17-33(31)41(35)9/h10-21,24-25H,22-23H2,1-9H3/q+1. The van der Waals surface area contributed by atoms with Crippen molar-refractivity contribution in [3.8, 4) is 0 Å². The molecule has 216 valence electrons. The van der Waals surface area contributed by atoms with Gasteiger partial charge in [-0.15, -0.1) is 0 Å². The van der Waals surface area contributed by atoms with E-state index in [9.17, 15) is 0 Å². The zero-order valence-corrected chi connectivity index (χ0v) is 26.8. The number of fused-ring (bicyclic) bond motifs is 2. The van der Waals surface area contributed by atoms with Crippen LogP contribution >= 0.6 is 0 Å². The van der Waals surface area contributed by atoms with Crippen molar-refractivity contribution in [2.75, 3.05) is 19.0 Å². The number of rotatable bonds is 4. The molecule has 0 spiro atoms. The quantitative estimate of drug-likeness (QED) is 0.300. The number of para-hydroxylation sites is 2. The first kappa shape index (κ1) is 28.2. The summed E-state index contributed by atoms with van der Waals surface area (Å²) in [7, 11) is 4.39.